The fraction of sp³-hybridized carbons (Fsp3) is 0.438. The van der Waals surface area contributed by atoms with Crippen molar-refractivity contribution in [2.45, 2.75) is 19.3 Å². The lowest BCUT2D eigenvalue weighted by Crippen LogP contribution is -2.40. The normalized spacial score (nSPS) is 18.7. The Balaban J connectivity index is 1.77. The van der Waals surface area contributed by atoms with Crippen LogP contribution in [-0.2, 0) is 4.79 Å². The lowest BCUT2D eigenvalue weighted by molar-refractivity contribution is -0.115. The Kier molecular flexibility index (Phi) is 4.46. The van der Waals surface area contributed by atoms with Gasteiger partial charge >= 0.3 is 0 Å². The van der Waals surface area contributed by atoms with Crippen LogP contribution < -0.4 is 10.6 Å². The van der Waals surface area contributed by atoms with E-state index in [1.165, 1.54) is 23.1 Å². The smallest absolute Gasteiger partial charge is 0.253 e. The van der Waals surface area contributed by atoms with Gasteiger partial charge in [0.2, 0.25) is 12.3 Å². The molecule has 6 nitrogen and oxygen atoms in total. The van der Waals surface area contributed by atoms with Gasteiger partial charge in [0.15, 0.2) is 0 Å². The van der Waals surface area contributed by atoms with Gasteiger partial charge in [-0.3, -0.25) is 14.4 Å². The molecule has 0 atom stereocenters. The van der Waals surface area contributed by atoms with E-state index in [2.05, 4.69) is 10.6 Å². The molecule has 24 heavy (non-hydrogen) atoms. The zero-order valence-electron chi connectivity index (χ0n) is 12.9. The number of piperidine rings is 1. The van der Waals surface area contributed by atoms with E-state index in [9.17, 15) is 23.2 Å². The molecule has 0 radical (unpaired) electrons. The fourth-order valence-electron chi connectivity index (χ4n) is 2.97. The number of nitrogens with zero attached hydrogens (tertiary/aromatic N) is 1. The lowest BCUT2D eigenvalue weighted by Gasteiger charge is -2.31. The fourth-order valence-corrected chi connectivity index (χ4v) is 2.97. The Morgan fingerprint density at radius 2 is 1.92 bits per heavy atom. The molecule has 0 aliphatic carbocycles. The molecule has 1 fully saturated rings. The highest BCUT2D eigenvalue weighted by molar-refractivity contribution is 6.09. The Morgan fingerprint density at radius 1 is 1.21 bits per heavy atom. The maximum atomic E-state index is 12.7. The summed E-state index contributed by atoms with van der Waals surface area (Å²) in [5, 5.41) is 5.04. The van der Waals surface area contributed by atoms with Crippen molar-refractivity contribution >= 4 is 23.4 Å². The third-order valence-electron chi connectivity index (χ3n) is 4.38. The Hall–Kier alpha value is -2.51. The average molecular weight is 337 g/mol. The lowest BCUT2D eigenvalue weighted by atomic mass is 9.96. The van der Waals surface area contributed by atoms with Gasteiger partial charge in [-0.2, -0.15) is 0 Å². The topological polar surface area (TPSA) is 78.5 Å². The zero-order valence-corrected chi connectivity index (χ0v) is 12.9. The van der Waals surface area contributed by atoms with E-state index >= 15 is 0 Å². The van der Waals surface area contributed by atoms with Crippen LogP contribution in [0, 0.1) is 5.92 Å². The summed E-state index contributed by atoms with van der Waals surface area (Å²) < 4.78 is 25.4. The predicted octanol–water partition coefficient (Wildman–Crippen LogP) is 1.49. The molecule has 0 bridgehead atoms. The second-order valence-corrected chi connectivity index (χ2v) is 5.96. The summed E-state index contributed by atoms with van der Waals surface area (Å²) in [6, 6.07) is 4.45. The number of amides is 3. The van der Waals surface area contributed by atoms with Crippen molar-refractivity contribution in [1.82, 2.24) is 10.2 Å². The zero-order chi connectivity index (χ0) is 17.3. The highest BCUT2D eigenvalue weighted by Gasteiger charge is 2.29. The molecule has 1 aromatic carbocycles. The molecule has 1 saturated heterocycles. The second kappa shape index (κ2) is 6.54. The Bertz CT molecular complexity index is 685. The highest BCUT2D eigenvalue weighted by Crippen LogP contribution is 2.26. The molecule has 0 spiro atoms. The van der Waals surface area contributed by atoms with Crippen molar-refractivity contribution in [1.29, 1.82) is 0 Å². The summed E-state index contributed by atoms with van der Waals surface area (Å²) in [7, 11) is 0. The number of hydrogen-bond acceptors (Lipinski definition) is 3. The third kappa shape index (κ3) is 3.22. The molecular weight excluding hydrogens is 320 g/mol. The van der Waals surface area contributed by atoms with Gasteiger partial charge in [0, 0.05) is 24.6 Å². The van der Waals surface area contributed by atoms with Gasteiger partial charge in [-0.25, -0.2) is 8.78 Å². The van der Waals surface area contributed by atoms with Crippen LogP contribution in [0.15, 0.2) is 18.2 Å². The minimum atomic E-state index is -2.36. The van der Waals surface area contributed by atoms with Gasteiger partial charge in [-0.05, 0) is 31.0 Å². The Morgan fingerprint density at radius 3 is 2.58 bits per heavy atom. The summed E-state index contributed by atoms with van der Waals surface area (Å²) in [6.45, 7) is 0.424. The largest absolute Gasteiger partial charge is 0.343 e. The van der Waals surface area contributed by atoms with Crippen molar-refractivity contribution in [2.24, 2.45) is 5.92 Å². The van der Waals surface area contributed by atoms with Crippen LogP contribution in [0.1, 0.15) is 33.6 Å². The number of rotatable bonds is 2. The first-order chi connectivity index (χ1) is 11.5. The molecule has 1 aromatic rings. The second-order valence-electron chi connectivity index (χ2n) is 5.96. The maximum Gasteiger partial charge on any atom is 0.253 e. The number of benzene rings is 1. The van der Waals surface area contributed by atoms with Crippen LogP contribution in [-0.4, -0.2) is 48.7 Å². The minimum absolute atomic E-state index is 0.127. The predicted molar refractivity (Wildman–Crippen MR) is 82.0 cm³/mol. The number of likely N-dealkylation sites (tertiary alicyclic amines) is 1. The number of carbonyl (C=O) groups is 3. The SMILES string of the molecule is O=C1CNC(=O)c2ccc(C(=O)N3CCC(C(F)F)CC3)cc2N1. The standard InChI is InChI=1S/C16H17F2N3O3/c17-14(18)9-3-5-21(6-4-9)16(24)10-1-2-11-12(7-10)20-13(22)8-19-15(11)23/h1-2,7,9,14H,3-6,8H2,(H,19,23)(H,20,22). The van der Waals surface area contributed by atoms with E-state index in [0.717, 1.165) is 0 Å². The van der Waals surface area contributed by atoms with Crippen LogP contribution in [0.25, 0.3) is 0 Å². The molecule has 8 heteroatoms. The van der Waals surface area contributed by atoms with Crippen molar-refractivity contribution in [3.63, 3.8) is 0 Å². The summed E-state index contributed by atoms with van der Waals surface area (Å²) in [5.41, 5.74) is 0.886. The maximum absolute atomic E-state index is 12.7. The molecule has 2 aliphatic heterocycles. The molecular formula is C16H17F2N3O3. The van der Waals surface area contributed by atoms with Gasteiger partial charge in [-0.15, -0.1) is 0 Å². The monoisotopic (exact) mass is 337 g/mol. The van der Waals surface area contributed by atoms with Crippen LogP contribution in [0.2, 0.25) is 0 Å². The van der Waals surface area contributed by atoms with Gasteiger partial charge in [-0.1, -0.05) is 0 Å². The molecule has 2 N–H and O–H groups in total. The number of fused-ring (bicyclic) bond motifs is 1. The molecule has 2 aliphatic rings. The summed E-state index contributed by atoms with van der Waals surface area (Å²) in [4.78, 5) is 37.5. The summed E-state index contributed by atoms with van der Waals surface area (Å²) >= 11 is 0. The van der Waals surface area contributed by atoms with E-state index in [-0.39, 0.29) is 61.4 Å². The van der Waals surface area contributed by atoms with Gasteiger partial charge in [0.25, 0.3) is 11.8 Å². The Labute approximate surface area is 137 Å². The van der Waals surface area contributed by atoms with Crippen molar-refractivity contribution in [3.05, 3.63) is 29.3 Å². The molecule has 128 valence electrons. The van der Waals surface area contributed by atoms with Crippen LogP contribution in [0.4, 0.5) is 14.5 Å². The average Bonchev–Trinajstić information content (AvgIpc) is 2.72. The first-order valence-corrected chi connectivity index (χ1v) is 7.75. The van der Waals surface area contributed by atoms with Crippen LogP contribution in [0.5, 0.6) is 0 Å². The number of carbonyl (C=O) groups excluding carboxylic acids is 3. The van der Waals surface area contributed by atoms with Gasteiger partial charge in [0.1, 0.15) is 0 Å². The van der Waals surface area contributed by atoms with E-state index in [4.69, 9.17) is 0 Å². The van der Waals surface area contributed by atoms with Crippen LogP contribution >= 0.6 is 0 Å². The summed E-state index contributed by atoms with van der Waals surface area (Å²) in [5.74, 6) is -1.71. The van der Waals surface area contributed by atoms with Gasteiger partial charge < -0.3 is 15.5 Å². The van der Waals surface area contributed by atoms with Gasteiger partial charge in [0.05, 0.1) is 17.8 Å². The first kappa shape index (κ1) is 16.4. The van der Waals surface area contributed by atoms with E-state index in [0.29, 0.717) is 5.56 Å². The number of nitrogens with one attached hydrogen (secondary N) is 2. The molecule has 0 unspecified atom stereocenters. The van der Waals surface area contributed by atoms with E-state index in [1.807, 2.05) is 0 Å². The van der Waals surface area contributed by atoms with Crippen molar-refractivity contribution in [3.8, 4) is 0 Å². The number of anilines is 1. The quantitative estimate of drug-likeness (QED) is 0.858. The minimum Gasteiger partial charge on any atom is -0.343 e. The first-order valence-electron chi connectivity index (χ1n) is 7.75. The highest BCUT2D eigenvalue weighted by atomic mass is 19.3. The third-order valence-corrected chi connectivity index (χ3v) is 4.38. The molecule has 3 amide bonds. The number of halogens is 2. The van der Waals surface area contributed by atoms with Crippen molar-refractivity contribution < 1.29 is 23.2 Å². The number of alkyl halides is 2. The molecule has 2 heterocycles. The molecule has 0 saturated carbocycles. The molecule has 0 aromatic heterocycles. The van der Waals surface area contributed by atoms with Crippen LogP contribution in [0.3, 0.4) is 0 Å². The summed E-state index contributed by atoms with van der Waals surface area (Å²) in [6.07, 6.45) is -1.82. The molecule has 3 rings (SSSR count). The van der Waals surface area contributed by atoms with Crippen molar-refractivity contribution in [2.75, 3.05) is 25.0 Å². The van der Waals surface area contributed by atoms with E-state index in [1.54, 1.807) is 0 Å². The number of hydrogen-bond donors (Lipinski definition) is 2. The van der Waals surface area contributed by atoms with E-state index < -0.39 is 12.3 Å².